The molecule has 0 fully saturated rings. The Hall–Kier alpha value is -3.52. The highest BCUT2D eigenvalue weighted by Crippen LogP contribution is 2.39. The van der Waals surface area contributed by atoms with Crippen LogP contribution >= 0.6 is 0 Å². The summed E-state index contributed by atoms with van der Waals surface area (Å²) in [7, 11) is 5.10. The predicted octanol–water partition coefficient (Wildman–Crippen LogP) is 1.23. The quantitative estimate of drug-likeness (QED) is 0.259. The minimum absolute atomic E-state index is 0.00940. The van der Waals surface area contributed by atoms with Crippen LogP contribution in [0.15, 0.2) is 46.8 Å². The molecular weight excluding hydrogens is 564 g/mol. The molecule has 0 aromatic heterocycles. The zero-order valence-corrected chi connectivity index (χ0v) is 25.9. The maximum absolute atomic E-state index is 13.6. The zero-order chi connectivity index (χ0) is 32.6. The maximum atomic E-state index is 13.6. The number of rotatable bonds is 5. The van der Waals surface area contributed by atoms with E-state index in [-0.39, 0.29) is 35.7 Å². The third kappa shape index (κ3) is 7.91. The molecule has 2 bridgehead atoms. The number of nitrogens with one attached hydrogen (secondary N) is 1. The summed E-state index contributed by atoms with van der Waals surface area (Å²) in [5.74, 6) is -3.77. The number of aliphatic hydroxyl groups is 2. The number of carbonyl (C=O) groups excluding carboxylic acids is 4. The highest BCUT2D eigenvalue weighted by Gasteiger charge is 2.61. The number of primary amides is 1. The molecule has 13 nitrogen and oxygen atoms in total. The highest BCUT2D eigenvalue weighted by atomic mass is 16.6. The molecule has 0 saturated heterocycles. The van der Waals surface area contributed by atoms with Gasteiger partial charge in [-0.1, -0.05) is 38.2 Å². The van der Waals surface area contributed by atoms with E-state index in [2.05, 4.69) is 5.32 Å². The summed E-state index contributed by atoms with van der Waals surface area (Å²) in [5, 5.41) is 25.2. The SMILES string of the molecule is COC(=O)[C@@]1(O)C(OC)=C2C[C@@H](C)C[C@H](OC)[C@H](O)[C@@H](C)/C=C(\C)[C@H](OC(N)=O)[C@@H](OC)/C=C\C=C(/C)C(=O)N[C@@H]1C2=O. The second-order valence-electron chi connectivity index (χ2n) is 10.9. The molecule has 0 unspecified atom stereocenters. The fraction of sp³-hybridized carbons (Fsp3) is 0.600. The Morgan fingerprint density at radius 3 is 2.28 bits per heavy atom. The highest BCUT2D eigenvalue weighted by molar-refractivity contribution is 6.12. The Bertz CT molecular complexity index is 1190. The van der Waals surface area contributed by atoms with Crippen LogP contribution < -0.4 is 11.1 Å². The number of ketones is 1. The van der Waals surface area contributed by atoms with Crippen molar-refractivity contribution in [3.05, 3.63) is 46.8 Å². The van der Waals surface area contributed by atoms with Crippen LogP contribution in [0, 0.1) is 11.8 Å². The maximum Gasteiger partial charge on any atom is 0.405 e. The van der Waals surface area contributed by atoms with E-state index in [0.29, 0.717) is 5.57 Å². The number of allylic oxidation sites excluding steroid dienone is 2. The number of nitrogens with two attached hydrogens (primary N) is 1. The van der Waals surface area contributed by atoms with Crippen molar-refractivity contribution >= 4 is 23.8 Å². The molecule has 0 saturated carbocycles. The number of ether oxygens (including phenoxy) is 5. The monoisotopic (exact) mass is 608 g/mol. The van der Waals surface area contributed by atoms with Gasteiger partial charge in [-0.25, -0.2) is 9.59 Å². The van der Waals surface area contributed by atoms with E-state index in [1.54, 1.807) is 19.9 Å². The van der Waals surface area contributed by atoms with Gasteiger partial charge in [-0.3, -0.25) is 9.59 Å². The lowest BCUT2D eigenvalue weighted by molar-refractivity contribution is -0.165. The summed E-state index contributed by atoms with van der Waals surface area (Å²) >= 11 is 0. The van der Waals surface area contributed by atoms with Gasteiger partial charge in [-0.2, -0.15) is 0 Å². The smallest absolute Gasteiger partial charge is 0.405 e. The first-order valence-electron chi connectivity index (χ1n) is 13.8. The van der Waals surface area contributed by atoms with Crippen molar-refractivity contribution in [1.82, 2.24) is 5.32 Å². The Balaban J connectivity index is 2.70. The lowest BCUT2D eigenvalue weighted by Gasteiger charge is -2.29. The zero-order valence-electron chi connectivity index (χ0n) is 25.9. The first-order valence-corrected chi connectivity index (χ1v) is 13.8. The summed E-state index contributed by atoms with van der Waals surface area (Å²) in [6.07, 6.45) is 1.91. The average Bonchev–Trinajstić information content (AvgIpc) is 3.16. The van der Waals surface area contributed by atoms with E-state index in [1.807, 2.05) is 6.92 Å². The Morgan fingerprint density at radius 1 is 1.09 bits per heavy atom. The molecule has 1 aliphatic carbocycles. The van der Waals surface area contributed by atoms with Gasteiger partial charge in [0.05, 0.1) is 26.4 Å². The summed E-state index contributed by atoms with van der Waals surface area (Å²) < 4.78 is 26.7. The molecule has 43 heavy (non-hydrogen) atoms. The Kier molecular flexibility index (Phi) is 12.7. The lowest BCUT2D eigenvalue weighted by Crippen LogP contribution is -2.59. The number of amides is 2. The summed E-state index contributed by atoms with van der Waals surface area (Å²) in [4.78, 5) is 51.4. The normalized spacial score (nSPS) is 36.1. The molecule has 0 radical (unpaired) electrons. The van der Waals surface area contributed by atoms with E-state index in [0.717, 1.165) is 7.11 Å². The van der Waals surface area contributed by atoms with E-state index >= 15 is 0 Å². The van der Waals surface area contributed by atoms with Gasteiger partial charge in [0.15, 0.2) is 11.9 Å². The molecule has 240 valence electrons. The largest absolute Gasteiger partial charge is 0.497 e. The molecule has 1 aliphatic heterocycles. The van der Waals surface area contributed by atoms with Gasteiger partial charge in [-0.15, -0.1) is 0 Å². The van der Waals surface area contributed by atoms with E-state index in [9.17, 15) is 29.4 Å². The second-order valence-corrected chi connectivity index (χ2v) is 10.9. The van der Waals surface area contributed by atoms with Crippen molar-refractivity contribution in [3.63, 3.8) is 0 Å². The molecule has 13 heteroatoms. The van der Waals surface area contributed by atoms with Gasteiger partial charge in [0.25, 0.3) is 0 Å². The minimum atomic E-state index is -2.61. The minimum Gasteiger partial charge on any atom is -0.497 e. The second kappa shape index (κ2) is 15.3. The average molecular weight is 609 g/mol. The van der Waals surface area contributed by atoms with Crippen LogP contribution in [0.1, 0.15) is 40.5 Å². The van der Waals surface area contributed by atoms with Gasteiger partial charge in [-0.05, 0) is 38.2 Å². The van der Waals surface area contributed by atoms with Crippen LogP contribution in [0.3, 0.4) is 0 Å². The van der Waals surface area contributed by atoms with Crippen LogP contribution in [0.2, 0.25) is 0 Å². The number of hydrogen-bond acceptors (Lipinski definition) is 11. The molecule has 5 N–H and O–H groups in total. The molecule has 2 aliphatic rings. The van der Waals surface area contributed by atoms with Crippen LogP contribution in [-0.4, -0.2) is 98.5 Å². The van der Waals surface area contributed by atoms with Crippen molar-refractivity contribution in [1.29, 1.82) is 0 Å². The van der Waals surface area contributed by atoms with Crippen LogP contribution in [0.4, 0.5) is 4.79 Å². The van der Waals surface area contributed by atoms with E-state index < -0.39 is 65.7 Å². The number of hydrogen-bond donors (Lipinski definition) is 4. The van der Waals surface area contributed by atoms with Crippen LogP contribution in [0.25, 0.3) is 0 Å². The molecule has 2 rings (SSSR count). The van der Waals surface area contributed by atoms with E-state index in [4.69, 9.17) is 29.4 Å². The van der Waals surface area contributed by atoms with Gasteiger partial charge < -0.3 is 44.9 Å². The van der Waals surface area contributed by atoms with Crippen molar-refractivity contribution in [3.8, 4) is 0 Å². The van der Waals surface area contributed by atoms with Gasteiger partial charge >= 0.3 is 12.1 Å². The summed E-state index contributed by atoms with van der Waals surface area (Å²) in [6, 6.07) is -1.73. The van der Waals surface area contributed by atoms with Crippen LogP contribution in [-0.2, 0) is 38.1 Å². The van der Waals surface area contributed by atoms with Gasteiger partial charge in [0.2, 0.25) is 11.5 Å². The van der Waals surface area contributed by atoms with E-state index in [1.165, 1.54) is 46.5 Å². The molecular formula is C30H44N2O11. The number of fused-ring (bicyclic) bond motifs is 2. The number of methoxy groups -OCH3 is 4. The molecule has 1 heterocycles. The lowest BCUT2D eigenvalue weighted by atomic mass is 9.88. The number of Topliss-reactive ketones (excluding diaryl/α,β-unsaturated/α-hetero) is 1. The molecule has 2 amide bonds. The van der Waals surface area contributed by atoms with Crippen molar-refractivity contribution in [2.45, 2.75) is 76.6 Å². The fourth-order valence-electron chi connectivity index (χ4n) is 5.47. The van der Waals surface area contributed by atoms with Crippen molar-refractivity contribution in [2.24, 2.45) is 17.6 Å². The first-order chi connectivity index (χ1) is 20.2. The number of carbonyl (C=O) groups is 4. The molecule has 0 aromatic rings. The fourth-order valence-corrected chi connectivity index (χ4v) is 5.47. The summed E-state index contributed by atoms with van der Waals surface area (Å²) in [6.45, 7) is 6.75. The standard InChI is InChI=1S/C30H44N2O11/c1-15-12-19-23(34)25(30(38,26(19)41-7)28(36)42-8)32-27(35)16(2)10-9-11-20(39-5)24(43-29(31)37)18(4)14-17(3)22(33)21(13-15)40-6/h9-11,14-15,17,20-22,24-25,33,38H,12-13H2,1-8H3,(H2,31,37)(H,32,35)/b11-9-,16-10+,18-14+/t15-,17+,20+,21+,22-,24+,25-,30+/m1/s1. The first kappa shape index (κ1) is 35.7. The molecule has 0 aromatic carbocycles. The van der Waals surface area contributed by atoms with Gasteiger partial charge in [0, 0.05) is 31.3 Å². The summed E-state index contributed by atoms with van der Waals surface area (Å²) in [5.41, 5.74) is 3.40. The predicted molar refractivity (Wildman–Crippen MR) is 154 cm³/mol. The number of aliphatic hydroxyl groups excluding tert-OH is 1. The Morgan fingerprint density at radius 2 is 1.74 bits per heavy atom. The molecule has 0 spiro atoms. The van der Waals surface area contributed by atoms with Crippen LogP contribution in [0.5, 0.6) is 0 Å². The number of esters is 1. The third-order valence-corrected chi connectivity index (χ3v) is 7.78. The topological polar surface area (TPSA) is 193 Å². The van der Waals surface area contributed by atoms with Gasteiger partial charge in [0.1, 0.15) is 17.9 Å². The third-order valence-electron chi connectivity index (χ3n) is 7.78. The van der Waals surface area contributed by atoms with Crippen molar-refractivity contribution < 1.29 is 53.1 Å². The Labute approximate surface area is 251 Å². The molecule has 8 atom stereocenters. The van der Waals surface area contributed by atoms with Crippen molar-refractivity contribution in [2.75, 3.05) is 28.4 Å².